The first-order chi connectivity index (χ1) is 13.5. The Hall–Kier alpha value is -2.38. The van der Waals surface area contributed by atoms with Gasteiger partial charge in [0.05, 0.1) is 5.92 Å². The second-order valence-electron chi connectivity index (χ2n) is 7.77. The first-order valence-electron chi connectivity index (χ1n) is 9.82. The number of amides is 2. The molecule has 0 spiro atoms. The van der Waals surface area contributed by atoms with Crippen LogP contribution in [0.1, 0.15) is 29.4 Å². The molecule has 4 rings (SSSR count). The van der Waals surface area contributed by atoms with E-state index in [0.29, 0.717) is 19.6 Å². The number of halogens is 1. The first kappa shape index (κ1) is 21.3. The summed E-state index contributed by atoms with van der Waals surface area (Å²) in [6.45, 7) is 6.58. The van der Waals surface area contributed by atoms with Crippen LogP contribution in [0.5, 0.6) is 0 Å². The van der Waals surface area contributed by atoms with Gasteiger partial charge in [-0.15, -0.1) is 12.4 Å². The van der Waals surface area contributed by atoms with E-state index in [1.165, 1.54) is 0 Å². The van der Waals surface area contributed by atoms with E-state index in [0.717, 1.165) is 29.2 Å². The molecule has 1 aromatic carbocycles. The van der Waals surface area contributed by atoms with Crippen molar-refractivity contribution in [2.75, 3.05) is 31.1 Å². The van der Waals surface area contributed by atoms with E-state index in [2.05, 4.69) is 10.3 Å². The number of hydrogen-bond acceptors (Lipinski definition) is 4. The number of nitrogens with one attached hydrogen (secondary N) is 1. The van der Waals surface area contributed by atoms with E-state index in [9.17, 15) is 9.59 Å². The Morgan fingerprint density at radius 1 is 1.28 bits per heavy atom. The van der Waals surface area contributed by atoms with Crippen LogP contribution >= 0.6 is 12.4 Å². The highest BCUT2D eigenvalue weighted by Crippen LogP contribution is 2.32. The standard InChI is InChI=1S/C21H27N5O2.ClH/c1-14-5-4-6-17(15(14)2)26-13-16(11-19(26)27)21(28)25-10-7-22-12-18(25)20-23-8-9-24(20)3;/h4-6,8-9,16,18,22H,7,10-13H2,1-3H3;1H. The SMILES string of the molecule is Cc1cccc(N2CC(C(=O)N3CCNCC3c3nccn3C)CC2=O)c1C.Cl. The monoisotopic (exact) mass is 417 g/mol. The van der Waals surface area contributed by atoms with Crippen LogP contribution in [0.3, 0.4) is 0 Å². The van der Waals surface area contributed by atoms with Gasteiger partial charge in [0, 0.05) is 57.7 Å². The van der Waals surface area contributed by atoms with Gasteiger partial charge in [-0.3, -0.25) is 9.59 Å². The van der Waals surface area contributed by atoms with Gasteiger partial charge >= 0.3 is 0 Å². The molecule has 8 heteroatoms. The van der Waals surface area contributed by atoms with E-state index in [4.69, 9.17) is 0 Å². The van der Waals surface area contributed by atoms with Gasteiger partial charge in [0.25, 0.3) is 0 Å². The third-order valence-corrected chi connectivity index (χ3v) is 6.02. The summed E-state index contributed by atoms with van der Waals surface area (Å²) in [6, 6.07) is 5.87. The largest absolute Gasteiger partial charge is 0.336 e. The topological polar surface area (TPSA) is 70.5 Å². The van der Waals surface area contributed by atoms with Crippen LogP contribution in [-0.4, -0.2) is 52.4 Å². The van der Waals surface area contributed by atoms with Crippen LogP contribution in [0.25, 0.3) is 0 Å². The van der Waals surface area contributed by atoms with Crippen molar-refractivity contribution in [2.24, 2.45) is 13.0 Å². The third-order valence-electron chi connectivity index (χ3n) is 6.02. The number of rotatable bonds is 3. The summed E-state index contributed by atoms with van der Waals surface area (Å²) in [5, 5.41) is 3.36. The fourth-order valence-electron chi connectivity index (χ4n) is 4.27. The number of aryl methyl sites for hydroxylation is 2. The smallest absolute Gasteiger partial charge is 0.228 e. The van der Waals surface area contributed by atoms with Crippen molar-refractivity contribution in [1.29, 1.82) is 0 Å². The highest BCUT2D eigenvalue weighted by Gasteiger charge is 2.41. The molecule has 2 saturated heterocycles. The normalized spacial score (nSPS) is 22.0. The van der Waals surface area contributed by atoms with Crippen LogP contribution < -0.4 is 10.2 Å². The maximum absolute atomic E-state index is 13.4. The molecule has 2 fully saturated rings. The molecule has 0 saturated carbocycles. The molecule has 1 N–H and O–H groups in total. The summed E-state index contributed by atoms with van der Waals surface area (Å²) in [4.78, 5) is 34.2. The molecule has 0 bridgehead atoms. The minimum Gasteiger partial charge on any atom is -0.336 e. The Labute approximate surface area is 177 Å². The number of piperazine rings is 1. The maximum atomic E-state index is 13.4. The number of imidazole rings is 1. The lowest BCUT2D eigenvalue weighted by atomic mass is 10.0. The van der Waals surface area contributed by atoms with E-state index in [1.807, 2.05) is 54.8 Å². The number of carbonyl (C=O) groups is 2. The number of aromatic nitrogens is 2. The average Bonchev–Trinajstić information content (AvgIpc) is 3.29. The van der Waals surface area contributed by atoms with Gasteiger partial charge in [0.15, 0.2) is 0 Å². The van der Waals surface area contributed by atoms with Gasteiger partial charge in [-0.2, -0.15) is 0 Å². The van der Waals surface area contributed by atoms with Crippen LogP contribution in [0, 0.1) is 19.8 Å². The second kappa shape index (κ2) is 8.55. The lowest BCUT2D eigenvalue weighted by Crippen LogP contribution is -2.51. The van der Waals surface area contributed by atoms with Gasteiger partial charge in [-0.1, -0.05) is 12.1 Å². The average molecular weight is 418 g/mol. The Balaban J connectivity index is 0.00000240. The quantitative estimate of drug-likeness (QED) is 0.829. The van der Waals surface area contributed by atoms with Gasteiger partial charge in [-0.25, -0.2) is 4.98 Å². The molecular formula is C21H28ClN5O2. The third kappa shape index (κ3) is 3.89. The zero-order valence-corrected chi connectivity index (χ0v) is 17.9. The second-order valence-corrected chi connectivity index (χ2v) is 7.77. The van der Waals surface area contributed by atoms with E-state index >= 15 is 0 Å². The highest BCUT2D eigenvalue weighted by molar-refractivity contribution is 6.01. The Morgan fingerprint density at radius 3 is 2.79 bits per heavy atom. The first-order valence-corrected chi connectivity index (χ1v) is 9.82. The van der Waals surface area contributed by atoms with Gasteiger partial charge in [0.1, 0.15) is 11.9 Å². The van der Waals surface area contributed by atoms with Crippen molar-refractivity contribution in [2.45, 2.75) is 26.3 Å². The molecule has 2 atom stereocenters. The van der Waals surface area contributed by atoms with Crippen molar-refractivity contribution < 1.29 is 9.59 Å². The van der Waals surface area contributed by atoms with Crippen LogP contribution in [0.4, 0.5) is 5.69 Å². The molecule has 2 amide bonds. The zero-order chi connectivity index (χ0) is 19.8. The molecule has 2 aromatic rings. The summed E-state index contributed by atoms with van der Waals surface area (Å²) in [7, 11) is 1.95. The summed E-state index contributed by atoms with van der Waals surface area (Å²) in [5.41, 5.74) is 3.16. The number of hydrogen-bond donors (Lipinski definition) is 1. The predicted molar refractivity (Wildman–Crippen MR) is 114 cm³/mol. The summed E-state index contributed by atoms with van der Waals surface area (Å²) >= 11 is 0. The van der Waals surface area contributed by atoms with Crippen molar-refractivity contribution >= 4 is 29.9 Å². The molecule has 1 aromatic heterocycles. The van der Waals surface area contributed by atoms with E-state index in [1.54, 1.807) is 11.1 Å². The number of nitrogens with zero attached hydrogens (tertiary/aromatic N) is 4. The predicted octanol–water partition coefficient (Wildman–Crippen LogP) is 1.98. The van der Waals surface area contributed by atoms with Crippen molar-refractivity contribution in [3.63, 3.8) is 0 Å². The minimum atomic E-state index is -0.312. The molecule has 0 radical (unpaired) electrons. The lowest BCUT2D eigenvalue weighted by molar-refractivity contribution is -0.139. The number of carbonyl (C=O) groups excluding carboxylic acids is 2. The molecule has 2 aliphatic rings. The van der Waals surface area contributed by atoms with Crippen molar-refractivity contribution in [1.82, 2.24) is 19.8 Å². The van der Waals surface area contributed by atoms with E-state index in [-0.39, 0.29) is 42.6 Å². The van der Waals surface area contributed by atoms with Crippen LogP contribution in [0.2, 0.25) is 0 Å². The Morgan fingerprint density at radius 2 is 2.07 bits per heavy atom. The molecule has 2 aliphatic heterocycles. The van der Waals surface area contributed by atoms with Crippen molar-refractivity contribution in [3.8, 4) is 0 Å². The lowest BCUT2D eigenvalue weighted by Gasteiger charge is -2.37. The maximum Gasteiger partial charge on any atom is 0.228 e. The fourth-order valence-corrected chi connectivity index (χ4v) is 4.27. The molecular weight excluding hydrogens is 390 g/mol. The van der Waals surface area contributed by atoms with Gasteiger partial charge in [0.2, 0.25) is 11.8 Å². The minimum absolute atomic E-state index is 0. The molecule has 29 heavy (non-hydrogen) atoms. The van der Waals surface area contributed by atoms with Gasteiger partial charge in [-0.05, 0) is 31.0 Å². The molecule has 0 aliphatic carbocycles. The summed E-state index contributed by atoms with van der Waals surface area (Å²) in [5.74, 6) is 0.635. The van der Waals surface area contributed by atoms with Gasteiger partial charge < -0.3 is 19.7 Å². The Kier molecular flexibility index (Phi) is 6.29. The highest BCUT2D eigenvalue weighted by atomic mass is 35.5. The van der Waals surface area contributed by atoms with E-state index < -0.39 is 0 Å². The van der Waals surface area contributed by atoms with Crippen LogP contribution in [0.15, 0.2) is 30.6 Å². The molecule has 7 nitrogen and oxygen atoms in total. The number of anilines is 1. The molecule has 3 heterocycles. The molecule has 2 unspecified atom stereocenters. The number of benzene rings is 1. The Bertz CT molecular complexity index is 912. The van der Waals surface area contributed by atoms with Crippen LogP contribution in [-0.2, 0) is 16.6 Å². The molecule has 156 valence electrons. The van der Waals surface area contributed by atoms with Crippen molar-refractivity contribution in [3.05, 3.63) is 47.5 Å². The summed E-state index contributed by atoms with van der Waals surface area (Å²) in [6.07, 6.45) is 3.92. The summed E-state index contributed by atoms with van der Waals surface area (Å²) < 4.78 is 1.96. The zero-order valence-electron chi connectivity index (χ0n) is 17.1. The fraction of sp³-hybridized carbons (Fsp3) is 0.476.